The summed E-state index contributed by atoms with van der Waals surface area (Å²) in [7, 11) is 0. The van der Waals surface area contributed by atoms with Crippen LogP contribution >= 0.6 is 0 Å². The lowest BCUT2D eigenvalue weighted by Crippen LogP contribution is -2.54. The summed E-state index contributed by atoms with van der Waals surface area (Å²) in [5.74, 6) is -0.705. The number of nitrogens with zero attached hydrogens (tertiary/aromatic N) is 2. The minimum absolute atomic E-state index is 0.133. The van der Waals surface area contributed by atoms with Crippen LogP contribution in [0.1, 0.15) is 49.2 Å². The van der Waals surface area contributed by atoms with Crippen LogP contribution in [0, 0.1) is 6.92 Å². The first-order valence-electron chi connectivity index (χ1n) is 11.6. The smallest absolute Gasteiger partial charge is 0.259 e. The first-order valence-corrected chi connectivity index (χ1v) is 11.6. The van der Waals surface area contributed by atoms with E-state index in [2.05, 4.69) is 5.32 Å². The Bertz CT molecular complexity index is 1250. The molecule has 3 amide bonds. The normalized spacial score (nSPS) is 13.8. The molecule has 1 atom stereocenters. The molecule has 0 saturated heterocycles. The van der Waals surface area contributed by atoms with Crippen molar-refractivity contribution in [2.75, 3.05) is 11.4 Å². The van der Waals surface area contributed by atoms with E-state index < -0.39 is 11.6 Å². The van der Waals surface area contributed by atoms with Gasteiger partial charge in [-0.05, 0) is 57.7 Å². The van der Waals surface area contributed by atoms with Gasteiger partial charge in [-0.25, -0.2) is 0 Å². The quantitative estimate of drug-likeness (QED) is 0.595. The van der Waals surface area contributed by atoms with Gasteiger partial charge in [0.05, 0.1) is 5.69 Å². The van der Waals surface area contributed by atoms with Gasteiger partial charge in [0.1, 0.15) is 12.6 Å². The van der Waals surface area contributed by atoms with Crippen molar-refractivity contribution in [2.45, 2.75) is 52.7 Å². The second-order valence-corrected chi connectivity index (χ2v) is 9.99. The van der Waals surface area contributed by atoms with Crippen LogP contribution in [0.25, 0.3) is 10.8 Å². The monoisotopic (exact) mass is 457 g/mol. The van der Waals surface area contributed by atoms with E-state index in [1.165, 1.54) is 4.90 Å². The fourth-order valence-electron chi connectivity index (χ4n) is 4.31. The molecule has 1 aliphatic heterocycles. The number of anilines is 1. The fraction of sp³-hybridized carbons (Fsp3) is 0.321. The number of rotatable bonds is 6. The topological polar surface area (TPSA) is 69.7 Å². The SMILES string of the molecule is Cc1ccc(CN(C(=O)CN2C(=O)c3cccc4cccc2c34)C(C)C(=O)NC(C)(C)C)cc1. The summed E-state index contributed by atoms with van der Waals surface area (Å²) in [5, 5.41) is 4.80. The van der Waals surface area contributed by atoms with Crippen LogP contribution < -0.4 is 10.2 Å². The van der Waals surface area contributed by atoms with E-state index in [0.29, 0.717) is 5.56 Å². The third-order valence-corrected chi connectivity index (χ3v) is 6.08. The van der Waals surface area contributed by atoms with Crippen LogP contribution in [0.5, 0.6) is 0 Å². The maximum Gasteiger partial charge on any atom is 0.259 e. The fourth-order valence-corrected chi connectivity index (χ4v) is 4.31. The van der Waals surface area contributed by atoms with E-state index in [-0.39, 0.29) is 30.8 Å². The van der Waals surface area contributed by atoms with Gasteiger partial charge in [-0.1, -0.05) is 54.1 Å². The lowest BCUT2D eigenvalue weighted by atomic mass is 10.1. The number of carbonyl (C=O) groups excluding carboxylic acids is 3. The lowest BCUT2D eigenvalue weighted by molar-refractivity contribution is -0.140. The molecule has 0 radical (unpaired) electrons. The Balaban J connectivity index is 1.63. The van der Waals surface area contributed by atoms with Crippen LogP contribution in [-0.4, -0.2) is 40.7 Å². The standard InChI is InChI=1S/C28H31N3O3/c1-18-12-14-20(15-13-18)16-30(19(2)26(33)29-28(3,4)5)24(32)17-31-23-11-7-9-21-8-6-10-22(25(21)23)27(31)34/h6-15,19H,16-17H2,1-5H3,(H,29,33). The Labute approximate surface area is 200 Å². The van der Waals surface area contributed by atoms with Crippen molar-refractivity contribution in [3.63, 3.8) is 0 Å². The molecule has 1 heterocycles. The highest BCUT2D eigenvalue weighted by molar-refractivity contribution is 6.26. The molecular weight excluding hydrogens is 426 g/mol. The Morgan fingerprint density at radius 1 is 1.00 bits per heavy atom. The number of hydrogen-bond donors (Lipinski definition) is 1. The summed E-state index contributed by atoms with van der Waals surface area (Å²) < 4.78 is 0. The summed E-state index contributed by atoms with van der Waals surface area (Å²) in [5.41, 5.74) is 2.95. The van der Waals surface area contributed by atoms with Crippen molar-refractivity contribution in [1.82, 2.24) is 10.2 Å². The van der Waals surface area contributed by atoms with Gasteiger partial charge in [-0.3, -0.25) is 19.3 Å². The Morgan fingerprint density at radius 2 is 1.65 bits per heavy atom. The van der Waals surface area contributed by atoms with Gasteiger partial charge < -0.3 is 10.2 Å². The molecule has 4 rings (SSSR count). The molecule has 0 fully saturated rings. The zero-order chi connectivity index (χ0) is 24.6. The van der Waals surface area contributed by atoms with Gasteiger partial charge in [0.25, 0.3) is 5.91 Å². The average Bonchev–Trinajstić information content (AvgIpc) is 3.05. The van der Waals surface area contributed by atoms with Gasteiger partial charge in [0.15, 0.2) is 0 Å². The molecule has 0 bridgehead atoms. The van der Waals surface area contributed by atoms with E-state index >= 15 is 0 Å². The number of benzene rings is 3. The number of hydrogen-bond acceptors (Lipinski definition) is 3. The van der Waals surface area contributed by atoms with E-state index in [9.17, 15) is 14.4 Å². The average molecular weight is 458 g/mol. The number of nitrogens with one attached hydrogen (secondary N) is 1. The Morgan fingerprint density at radius 3 is 2.29 bits per heavy atom. The molecule has 0 saturated carbocycles. The highest BCUT2D eigenvalue weighted by atomic mass is 16.2. The van der Waals surface area contributed by atoms with E-state index in [1.807, 2.05) is 82.3 Å². The van der Waals surface area contributed by atoms with E-state index in [4.69, 9.17) is 0 Å². The highest BCUT2D eigenvalue weighted by Gasteiger charge is 2.34. The minimum Gasteiger partial charge on any atom is -0.350 e. The zero-order valence-corrected chi connectivity index (χ0v) is 20.4. The maximum atomic E-state index is 13.6. The second kappa shape index (κ2) is 8.93. The first-order chi connectivity index (χ1) is 16.0. The summed E-state index contributed by atoms with van der Waals surface area (Å²) in [6.07, 6.45) is 0. The predicted octanol–water partition coefficient (Wildman–Crippen LogP) is 4.44. The molecule has 1 N–H and O–H groups in total. The molecule has 0 aromatic heterocycles. The molecule has 34 heavy (non-hydrogen) atoms. The summed E-state index contributed by atoms with van der Waals surface area (Å²) in [6.45, 7) is 9.60. The van der Waals surface area contributed by atoms with Crippen molar-refractivity contribution in [3.8, 4) is 0 Å². The minimum atomic E-state index is -0.705. The number of carbonyl (C=O) groups is 3. The molecule has 0 aliphatic carbocycles. The van der Waals surface area contributed by atoms with Crippen LogP contribution in [0.2, 0.25) is 0 Å². The van der Waals surface area contributed by atoms with Gasteiger partial charge in [-0.2, -0.15) is 0 Å². The molecule has 3 aromatic rings. The van der Waals surface area contributed by atoms with Gasteiger partial charge >= 0.3 is 0 Å². The molecule has 3 aromatic carbocycles. The summed E-state index contributed by atoms with van der Waals surface area (Å²) in [4.78, 5) is 42.9. The van der Waals surface area contributed by atoms with Crippen molar-refractivity contribution in [2.24, 2.45) is 0 Å². The second-order valence-electron chi connectivity index (χ2n) is 9.99. The van der Waals surface area contributed by atoms with E-state index in [1.54, 1.807) is 17.9 Å². The predicted molar refractivity (Wildman–Crippen MR) is 135 cm³/mol. The molecule has 176 valence electrons. The van der Waals surface area contributed by atoms with Crippen LogP contribution in [0.4, 0.5) is 5.69 Å². The number of aryl methyl sites for hydroxylation is 1. The highest BCUT2D eigenvalue weighted by Crippen LogP contribution is 2.37. The van der Waals surface area contributed by atoms with Crippen LogP contribution in [0.3, 0.4) is 0 Å². The first kappa shape index (κ1) is 23.5. The van der Waals surface area contributed by atoms with Gasteiger partial charge in [0.2, 0.25) is 11.8 Å². The Kier molecular flexibility index (Phi) is 6.17. The third-order valence-electron chi connectivity index (χ3n) is 6.08. The molecule has 6 nitrogen and oxygen atoms in total. The van der Waals surface area contributed by atoms with Gasteiger partial charge in [0, 0.05) is 23.0 Å². The molecule has 1 aliphatic rings. The van der Waals surface area contributed by atoms with Gasteiger partial charge in [-0.15, -0.1) is 0 Å². The molecule has 6 heteroatoms. The van der Waals surface area contributed by atoms with Crippen LogP contribution in [0.15, 0.2) is 60.7 Å². The van der Waals surface area contributed by atoms with Crippen LogP contribution in [-0.2, 0) is 16.1 Å². The van der Waals surface area contributed by atoms with Crippen molar-refractivity contribution >= 4 is 34.2 Å². The summed E-state index contributed by atoms with van der Waals surface area (Å²) >= 11 is 0. The molecule has 0 spiro atoms. The molecular formula is C28H31N3O3. The number of amides is 3. The van der Waals surface area contributed by atoms with Crippen molar-refractivity contribution < 1.29 is 14.4 Å². The zero-order valence-electron chi connectivity index (χ0n) is 20.4. The third kappa shape index (κ3) is 4.67. The van der Waals surface area contributed by atoms with Crippen molar-refractivity contribution in [3.05, 3.63) is 77.4 Å². The summed E-state index contributed by atoms with van der Waals surface area (Å²) in [6, 6.07) is 18.5. The largest absolute Gasteiger partial charge is 0.350 e. The molecule has 1 unspecified atom stereocenters. The van der Waals surface area contributed by atoms with Crippen molar-refractivity contribution in [1.29, 1.82) is 0 Å². The van der Waals surface area contributed by atoms with E-state index in [0.717, 1.165) is 27.6 Å². The maximum absolute atomic E-state index is 13.6. The lowest BCUT2D eigenvalue weighted by Gasteiger charge is -2.32. The Hall–Kier alpha value is -3.67.